The topological polar surface area (TPSA) is 107 Å². The number of nitrogens with one attached hydrogen (secondary N) is 1. The maximum absolute atomic E-state index is 11.6. The Kier molecular flexibility index (Phi) is 2.06. The van der Waals surface area contributed by atoms with Crippen molar-refractivity contribution in [2.45, 2.75) is 23.8 Å². The molecule has 4 aliphatic heterocycles. The summed E-state index contributed by atoms with van der Waals surface area (Å²) in [6.45, 7) is 0.602. The van der Waals surface area contributed by atoms with Gasteiger partial charge in [0.15, 0.2) is 0 Å². The molecule has 4 aliphatic rings. The molecule has 8 heteroatoms. The van der Waals surface area contributed by atoms with Crippen LogP contribution in [0.1, 0.15) is 21.8 Å². The Balaban J connectivity index is 1.74. The van der Waals surface area contributed by atoms with Gasteiger partial charge in [-0.15, -0.1) is 0 Å². The minimum atomic E-state index is -1.20. The van der Waals surface area contributed by atoms with Gasteiger partial charge in [0, 0.05) is 17.2 Å². The van der Waals surface area contributed by atoms with Gasteiger partial charge in [0.2, 0.25) is 0 Å². The average Bonchev–Trinajstić information content (AvgIpc) is 3.27. The lowest BCUT2D eigenvalue weighted by Crippen LogP contribution is -2.63. The molecular weight excluding hydrogens is 292 g/mol. The second-order valence-electron chi connectivity index (χ2n) is 5.93. The van der Waals surface area contributed by atoms with Gasteiger partial charge in [-0.2, -0.15) is 0 Å². The normalized spacial score (nSPS) is 37.2. The summed E-state index contributed by atoms with van der Waals surface area (Å²) >= 11 is 0. The van der Waals surface area contributed by atoms with Crippen LogP contribution >= 0.6 is 0 Å². The fourth-order valence-corrected chi connectivity index (χ4v) is 3.74. The van der Waals surface area contributed by atoms with Crippen LogP contribution in [0.2, 0.25) is 0 Å². The molecule has 4 heterocycles. The largest absolute Gasteiger partial charge is 0.510 e. The van der Waals surface area contributed by atoms with Crippen molar-refractivity contribution in [2.75, 3.05) is 18.2 Å². The second-order valence-corrected chi connectivity index (χ2v) is 5.93. The van der Waals surface area contributed by atoms with Crippen molar-refractivity contribution in [3.63, 3.8) is 0 Å². The van der Waals surface area contributed by atoms with E-state index in [1.807, 2.05) is 0 Å². The predicted molar refractivity (Wildman–Crippen MR) is 70.5 cm³/mol. The van der Waals surface area contributed by atoms with Gasteiger partial charge in [0.1, 0.15) is 18.6 Å². The van der Waals surface area contributed by atoms with Gasteiger partial charge in [-0.25, -0.2) is 14.7 Å². The molecule has 5 rings (SSSR count). The van der Waals surface area contributed by atoms with E-state index in [4.69, 9.17) is 14.3 Å². The number of aldehydes is 1. The maximum atomic E-state index is 11.6. The molecule has 0 unspecified atom stereocenters. The van der Waals surface area contributed by atoms with E-state index in [9.17, 15) is 14.7 Å². The molecule has 8 nitrogen and oxygen atoms in total. The third kappa shape index (κ3) is 1.34. The van der Waals surface area contributed by atoms with Crippen molar-refractivity contribution in [2.24, 2.45) is 0 Å². The number of fused-ring (bicyclic) bond motifs is 5. The maximum Gasteiger partial charge on any atom is 0.510 e. The van der Waals surface area contributed by atoms with E-state index < -0.39 is 17.9 Å². The first-order chi connectivity index (χ1) is 10.6. The molecule has 4 atom stereocenters. The van der Waals surface area contributed by atoms with E-state index >= 15 is 0 Å². The quantitative estimate of drug-likeness (QED) is 0.432. The number of ether oxygens (including phenoxy) is 2. The van der Waals surface area contributed by atoms with Crippen molar-refractivity contribution < 1.29 is 29.0 Å². The molecule has 0 aliphatic carbocycles. The van der Waals surface area contributed by atoms with Gasteiger partial charge in [0.05, 0.1) is 24.2 Å². The molecule has 22 heavy (non-hydrogen) atoms. The molecule has 1 aromatic rings. The molecule has 3 fully saturated rings. The Labute approximate surface area is 124 Å². The molecule has 0 amide bonds. The van der Waals surface area contributed by atoms with Crippen molar-refractivity contribution in [3.05, 3.63) is 23.3 Å². The highest BCUT2D eigenvalue weighted by atomic mass is 16.9. The van der Waals surface area contributed by atoms with E-state index in [-0.39, 0.29) is 24.4 Å². The van der Waals surface area contributed by atoms with Gasteiger partial charge < -0.3 is 19.9 Å². The number of carbonyl (C=O) groups is 2. The van der Waals surface area contributed by atoms with Crippen LogP contribution in [0.25, 0.3) is 0 Å². The first kappa shape index (κ1) is 12.2. The van der Waals surface area contributed by atoms with E-state index in [1.54, 1.807) is 11.1 Å². The number of rotatable bonds is 1. The Morgan fingerprint density at radius 2 is 2.32 bits per heavy atom. The van der Waals surface area contributed by atoms with E-state index in [2.05, 4.69) is 5.32 Å². The highest BCUT2D eigenvalue weighted by molar-refractivity contribution is 5.81. The van der Waals surface area contributed by atoms with Gasteiger partial charge in [-0.1, -0.05) is 0 Å². The summed E-state index contributed by atoms with van der Waals surface area (Å²) in [5.41, 5.74) is 1.54. The minimum absolute atomic E-state index is 0.0251. The van der Waals surface area contributed by atoms with E-state index in [0.717, 1.165) is 0 Å². The number of hydrogen-bond donors (Lipinski definition) is 2. The van der Waals surface area contributed by atoms with E-state index in [0.29, 0.717) is 29.6 Å². The van der Waals surface area contributed by atoms with Crippen LogP contribution < -0.4 is 10.4 Å². The Bertz CT molecular complexity index is 722. The number of cyclic esters (lactones) is 1. The highest BCUT2D eigenvalue weighted by Gasteiger charge is 2.70. The SMILES string of the molecule is O=Cc1cc(O)c2c(c1)N1C[C@@H]3N[C@@H]3[C@@]3(OC(=O)OC[C@@H]23)O1. The van der Waals surface area contributed by atoms with Crippen LogP contribution in [0.5, 0.6) is 5.75 Å². The Morgan fingerprint density at radius 3 is 3.14 bits per heavy atom. The lowest BCUT2D eigenvalue weighted by Gasteiger charge is -2.51. The first-order valence-corrected chi connectivity index (χ1v) is 7.03. The number of hydrogen-bond acceptors (Lipinski definition) is 8. The van der Waals surface area contributed by atoms with Crippen LogP contribution in [0.15, 0.2) is 12.1 Å². The number of aromatic hydroxyl groups is 1. The summed E-state index contributed by atoms with van der Waals surface area (Å²) in [6, 6.07) is 3.07. The van der Waals surface area contributed by atoms with Gasteiger partial charge in [-0.05, 0) is 12.1 Å². The lowest BCUT2D eigenvalue weighted by molar-refractivity contribution is -0.273. The predicted octanol–water partition coefficient (Wildman–Crippen LogP) is 0.257. The Morgan fingerprint density at radius 1 is 1.45 bits per heavy atom. The van der Waals surface area contributed by atoms with Crippen molar-refractivity contribution in [1.82, 2.24) is 5.32 Å². The third-order valence-electron chi connectivity index (χ3n) is 4.74. The van der Waals surface area contributed by atoms with Gasteiger partial charge in [-0.3, -0.25) is 4.79 Å². The molecule has 2 bridgehead atoms. The zero-order valence-electron chi connectivity index (χ0n) is 11.3. The fraction of sp³-hybridized carbons (Fsp3) is 0.429. The van der Waals surface area contributed by atoms with Crippen LogP contribution in [0.3, 0.4) is 0 Å². The summed E-state index contributed by atoms with van der Waals surface area (Å²) in [5.74, 6) is -1.69. The number of anilines is 1. The van der Waals surface area contributed by atoms with Crippen LogP contribution in [-0.2, 0) is 14.3 Å². The second kappa shape index (κ2) is 3.71. The first-order valence-electron chi connectivity index (χ1n) is 7.03. The zero-order valence-corrected chi connectivity index (χ0v) is 11.3. The van der Waals surface area contributed by atoms with Gasteiger partial charge in [0.25, 0.3) is 5.79 Å². The van der Waals surface area contributed by atoms with Crippen molar-refractivity contribution >= 4 is 18.1 Å². The molecule has 0 aromatic heterocycles. The number of phenolic OH excluding ortho intramolecular Hbond substituents is 1. The minimum Gasteiger partial charge on any atom is -0.508 e. The Hall–Kier alpha value is -2.32. The smallest absolute Gasteiger partial charge is 0.508 e. The van der Waals surface area contributed by atoms with Crippen LogP contribution in [0.4, 0.5) is 10.5 Å². The molecule has 2 N–H and O–H groups in total. The number of benzene rings is 1. The highest BCUT2D eigenvalue weighted by Crippen LogP contribution is 2.56. The molecular formula is C14H12N2O6. The number of phenols is 1. The van der Waals surface area contributed by atoms with Crippen LogP contribution in [0, 0.1) is 0 Å². The average molecular weight is 304 g/mol. The summed E-state index contributed by atoms with van der Waals surface area (Å²) in [6.07, 6.45) is -0.112. The number of nitrogens with zero attached hydrogens (tertiary/aromatic N) is 1. The van der Waals surface area contributed by atoms with E-state index in [1.165, 1.54) is 6.07 Å². The molecule has 0 radical (unpaired) electrons. The molecule has 114 valence electrons. The molecule has 0 saturated carbocycles. The summed E-state index contributed by atoms with van der Waals surface area (Å²) in [5, 5.41) is 15.2. The summed E-state index contributed by atoms with van der Waals surface area (Å²) < 4.78 is 10.4. The molecule has 3 saturated heterocycles. The number of hydroxylamine groups is 1. The van der Waals surface area contributed by atoms with Crippen molar-refractivity contribution in [1.29, 1.82) is 0 Å². The van der Waals surface area contributed by atoms with Gasteiger partial charge >= 0.3 is 6.16 Å². The van der Waals surface area contributed by atoms with Crippen molar-refractivity contribution in [3.8, 4) is 5.75 Å². The fourth-order valence-electron chi connectivity index (χ4n) is 3.74. The lowest BCUT2D eigenvalue weighted by atomic mass is 9.82. The molecule has 1 aromatic carbocycles. The number of carbonyl (C=O) groups excluding carboxylic acids is 2. The monoisotopic (exact) mass is 304 g/mol. The third-order valence-corrected chi connectivity index (χ3v) is 4.74. The summed E-state index contributed by atoms with van der Waals surface area (Å²) in [7, 11) is 0. The zero-order chi connectivity index (χ0) is 15.1. The molecule has 1 spiro atoms. The van der Waals surface area contributed by atoms with Crippen LogP contribution in [-0.4, -0.2) is 48.6 Å². The standard InChI is InChI=1S/C14H12N2O6/c17-4-6-1-9-11(10(18)2-6)7-5-20-13(19)21-14(7)12-8(15-12)3-16(9)22-14/h1-2,4,7-8,12,15,18H,3,5H2/t7-,8-,12-,14-/m0/s1. The summed E-state index contributed by atoms with van der Waals surface area (Å²) in [4.78, 5) is 28.6.